The lowest BCUT2D eigenvalue weighted by molar-refractivity contribution is -0.127. The van der Waals surface area contributed by atoms with E-state index in [1.54, 1.807) is 19.0 Å². The first kappa shape index (κ1) is 24.4. The molecule has 8 heteroatoms. The highest BCUT2D eigenvalue weighted by Crippen LogP contribution is 2.31. The van der Waals surface area contributed by atoms with E-state index >= 15 is 0 Å². The number of piperidine rings is 1. The minimum Gasteiger partial charge on any atom is -0.356 e. The van der Waals surface area contributed by atoms with Crippen LogP contribution in [0.4, 0.5) is 0 Å². The maximum Gasteiger partial charge on any atom is 0.243 e. The second-order valence-electron chi connectivity index (χ2n) is 6.61. The normalized spacial score (nSPS) is 15.3. The van der Waals surface area contributed by atoms with Gasteiger partial charge in [-0.3, -0.25) is 4.79 Å². The zero-order chi connectivity index (χ0) is 18.9. The molecule has 1 aromatic rings. The standard InChI is InChI=1S/C19H29ClN4OS.HI/c1-4-11-21-19(22-14-18(25)23(2)3)24-12-9-17(10-13-24)26-16-7-5-15(20)6-8-16;/h5-8,17H,4,9-14H2,1-3H3,(H,21,22);1H. The second kappa shape index (κ2) is 12.7. The van der Waals surface area contributed by atoms with E-state index in [0.717, 1.165) is 49.9 Å². The highest BCUT2D eigenvalue weighted by atomic mass is 127. The molecule has 1 N–H and O–H groups in total. The van der Waals surface area contributed by atoms with E-state index in [9.17, 15) is 4.79 Å². The molecule has 0 radical (unpaired) electrons. The fourth-order valence-corrected chi connectivity index (χ4v) is 3.93. The van der Waals surface area contributed by atoms with Gasteiger partial charge in [0.25, 0.3) is 0 Å². The number of carbonyl (C=O) groups is 1. The Balaban J connectivity index is 0.00000364. The number of halogens is 2. The molecule has 1 aliphatic rings. The topological polar surface area (TPSA) is 47.9 Å². The number of likely N-dealkylation sites (tertiary alicyclic amines) is 1. The number of aliphatic imine (C=N–C) groups is 1. The van der Waals surface area contributed by atoms with Gasteiger partial charge in [-0.1, -0.05) is 18.5 Å². The van der Waals surface area contributed by atoms with E-state index < -0.39 is 0 Å². The predicted molar refractivity (Wildman–Crippen MR) is 127 cm³/mol. The van der Waals surface area contributed by atoms with Crippen molar-refractivity contribution in [3.05, 3.63) is 29.3 Å². The Kier molecular flexibility index (Phi) is 11.5. The summed E-state index contributed by atoms with van der Waals surface area (Å²) in [6.45, 7) is 5.10. The molecule has 1 heterocycles. The van der Waals surface area contributed by atoms with Crippen LogP contribution in [0.2, 0.25) is 5.02 Å². The summed E-state index contributed by atoms with van der Waals surface area (Å²) in [5, 5.41) is 4.77. The van der Waals surface area contributed by atoms with Gasteiger partial charge < -0.3 is 15.1 Å². The van der Waals surface area contributed by atoms with Crippen LogP contribution >= 0.6 is 47.3 Å². The molecule has 0 bridgehead atoms. The Bertz CT molecular complexity index is 604. The molecule has 1 aliphatic heterocycles. The van der Waals surface area contributed by atoms with Gasteiger partial charge in [0.2, 0.25) is 5.91 Å². The molecule has 0 aromatic heterocycles. The van der Waals surface area contributed by atoms with E-state index in [1.807, 2.05) is 23.9 Å². The number of rotatable bonds is 6. The van der Waals surface area contributed by atoms with Crippen LogP contribution in [0.1, 0.15) is 26.2 Å². The molecular formula is C19H30ClIN4OS. The fourth-order valence-electron chi connectivity index (χ4n) is 2.68. The van der Waals surface area contributed by atoms with Crippen molar-refractivity contribution in [3.63, 3.8) is 0 Å². The first-order chi connectivity index (χ1) is 12.5. The molecule has 2 rings (SSSR count). The molecule has 1 fully saturated rings. The molecule has 1 saturated heterocycles. The summed E-state index contributed by atoms with van der Waals surface area (Å²) in [5.74, 6) is 0.881. The van der Waals surface area contributed by atoms with E-state index in [4.69, 9.17) is 11.6 Å². The summed E-state index contributed by atoms with van der Waals surface area (Å²) < 4.78 is 0. The van der Waals surface area contributed by atoms with Gasteiger partial charge in [-0.05, 0) is 43.5 Å². The average Bonchev–Trinajstić information content (AvgIpc) is 2.64. The predicted octanol–water partition coefficient (Wildman–Crippen LogP) is 3.96. The molecule has 152 valence electrons. The fraction of sp³-hybridized carbons (Fsp3) is 0.579. The summed E-state index contributed by atoms with van der Waals surface area (Å²) in [6.07, 6.45) is 3.23. The number of likely N-dealkylation sites (N-methyl/N-ethyl adjacent to an activating group) is 1. The Labute approximate surface area is 189 Å². The average molecular weight is 525 g/mol. The van der Waals surface area contributed by atoms with E-state index in [0.29, 0.717) is 5.25 Å². The van der Waals surface area contributed by atoms with Crippen molar-refractivity contribution in [2.45, 2.75) is 36.3 Å². The van der Waals surface area contributed by atoms with Crippen LogP contribution in [0.15, 0.2) is 34.2 Å². The summed E-state index contributed by atoms with van der Waals surface area (Å²) in [6, 6.07) is 8.06. The van der Waals surface area contributed by atoms with Gasteiger partial charge in [-0.25, -0.2) is 4.99 Å². The summed E-state index contributed by atoms with van der Waals surface area (Å²) in [5.41, 5.74) is 0. The van der Waals surface area contributed by atoms with Crippen LogP contribution in [0.5, 0.6) is 0 Å². The van der Waals surface area contributed by atoms with Gasteiger partial charge in [-0.15, -0.1) is 35.7 Å². The lowest BCUT2D eigenvalue weighted by Gasteiger charge is -2.34. The molecule has 5 nitrogen and oxygen atoms in total. The van der Waals surface area contributed by atoms with Crippen LogP contribution in [-0.2, 0) is 4.79 Å². The van der Waals surface area contributed by atoms with Gasteiger partial charge in [0.05, 0.1) is 0 Å². The monoisotopic (exact) mass is 524 g/mol. The first-order valence-electron chi connectivity index (χ1n) is 9.15. The number of hydrogen-bond acceptors (Lipinski definition) is 3. The minimum absolute atomic E-state index is 0. The smallest absolute Gasteiger partial charge is 0.243 e. The Morgan fingerprint density at radius 1 is 1.30 bits per heavy atom. The van der Waals surface area contributed by atoms with Crippen molar-refractivity contribution in [1.82, 2.24) is 15.1 Å². The van der Waals surface area contributed by atoms with Gasteiger partial charge in [-0.2, -0.15) is 0 Å². The maximum atomic E-state index is 11.8. The number of amides is 1. The number of nitrogens with zero attached hydrogens (tertiary/aromatic N) is 3. The summed E-state index contributed by atoms with van der Waals surface area (Å²) >= 11 is 7.88. The van der Waals surface area contributed by atoms with Crippen molar-refractivity contribution in [3.8, 4) is 0 Å². The van der Waals surface area contributed by atoms with Gasteiger partial charge in [0, 0.05) is 48.9 Å². The summed E-state index contributed by atoms with van der Waals surface area (Å²) in [7, 11) is 3.52. The molecule has 0 atom stereocenters. The lowest BCUT2D eigenvalue weighted by atomic mass is 10.1. The molecule has 0 spiro atoms. The molecule has 0 aliphatic carbocycles. The van der Waals surface area contributed by atoms with Gasteiger partial charge in [0.1, 0.15) is 6.54 Å². The van der Waals surface area contributed by atoms with Crippen LogP contribution in [-0.4, -0.2) is 67.2 Å². The van der Waals surface area contributed by atoms with Crippen molar-refractivity contribution < 1.29 is 4.79 Å². The van der Waals surface area contributed by atoms with Crippen molar-refractivity contribution in [2.75, 3.05) is 40.3 Å². The number of nitrogens with one attached hydrogen (secondary N) is 1. The quantitative estimate of drug-likeness (QED) is 0.348. The van der Waals surface area contributed by atoms with Crippen molar-refractivity contribution in [2.24, 2.45) is 4.99 Å². The molecule has 1 aromatic carbocycles. The number of thioether (sulfide) groups is 1. The van der Waals surface area contributed by atoms with Crippen molar-refractivity contribution >= 4 is 59.2 Å². The molecule has 1 amide bonds. The number of hydrogen-bond donors (Lipinski definition) is 1. The molecule has 0 saturated carbocycles. The van der Waals surface area contributed by atoms with Crippen molar-refractivity contribution in [1.29, 1.82) is 0 Å². The Morgan fingerprint density at radius 2 is 1.93 bits per heavy atom. The van der Waals surface area contributed by atoms with E-state index in [1.165, 1.54) is 4.90 Å². The number of benzene rings is 1. The summed E-state index contributed by atoms with van der Waals surface area (Å²) in [4.78, 5) is 21.5. The zero-order valence-electron chi connectivity index (χ0n) is 16.3. The third kappa shape index (κ3) is 8.48. The zero-order valence-corrected chi connectivity index (χ0v) is 20.2. The van der Waals surface area contributed by atoms with Crippen LogP contribution in [0.25, 0.3) is 0 Å². The van der Waals surface area contributed by atoms with E-state index in [-0.39, 0.29) is 36.4 Å². The van der Waals surface area contributed by atoms with Gasteiger partial charge >= 0.3 is 0 Å². The number of guanidine groups is 1. The highest BCUT2D eigenvalue weighted by molar-refractivity contribution is 14.0. The molecular weight excluding hydrogens is 495 g/mol. The third-order valence-electron chi connectivity index (χ3n) is 4.25. The minimum atomic E-state index is 0. The highest BCUT2D eigenvalue weighted by Gasteiger charge is 2.22. The van der Waals surface area contributed by atoms with Gasteiger partial charge in [0.15, 0.2) is 5.96 Å². The van der Waals surface area contributed by atoms with E-state index in [2.05, 4.69) is 34.3 Å². The lowest BCUT2D eigenvalue weighted by Crippen LogP contribution is -2.46. The maximum absolute atomic E-state index is 11.8. The second-order valence-corrected chi connectivity index (χ2v) is 8.42. The largest absolute Gasteiger partial charge is 0.356 e. The SMILES string of the molecule is CCCNC(=NCC(=O)N(C)C)N1CCC(Sc2ccc(Cl)cc2)CC1.I. The molecule has 27 heavy (non-hydrogen) atoms. The Hall–Kier alpha value is -0.670. The first-order valence-corrected chi connectivity index (χ1v) is 10.4. The number of carbonyl (C=O) groups excluding carboxylic acids is 1. The molecule has 0 unspecified atom stereocenters. The van der Waals surface area contributed by atoms with Crippen LogP contribution in [0.3, 0.4) is 0 Å². The van der Waals surface area contributed by atoms with Crippen LogP contribution in [0, 0.1) is 0 Å². The van der Waals surface area contributed by atoms with Crippen LogP contribution < -0.4 is 5.32 Å². The third-order valence-corrected chi connectivity index (χ3v) is 5.85. The Morgan fingerprint density at radius 3 is 2.48 bits per heavy atom.